The third-order valence-electron chi connectivity index (χ3n) is 7.83. The molecule has 0 aromatic carbocycles. The number of halogens is 1. The van der Waals surface area contributed by atoms with Crippen molar-refractivity contribution in [1.29, 1.82) is 0 Å². The second-order valence-corrected chi connectivity index (χ2v) is 12.8. The maximum atomic E-state index is 11.6. The lowest BCUT2D eigenvalue weighted by Gasteiger charge is -2.27. The molecule has 3 fully saturated rings. The Kier molecular flexibility index (Phi) is 32.3. The molecule has 0 aliphatic heterocycles. The number of ether oxygens (including phenoxy) is 3. The van der Waals surface area contributed by atoms with Crippen LogP contribution in [-0.2, 0) is 28.6 Å². The van der Waals surface area contributed by atoms with Crippen molar-refractivity contribution in [3.63, 3.8) is 0 Å². The van der Waals surface area contributed by atoms with Gasteiger partial charge < -0.3 is 34.6 Å². The molecule has 0 saturated heterocycles. The van der Waals surface area contributed by atoms with Crippen LogP contribution < -0.4 is 0 Å². The zero-order chi connectivity index (χ0) is 34.5. The molecule has 4 N–H and O–H groups in total. The highest BCUT2D eigenvalue weighted by Crippen LogP contribution is 2.28. The van der Waals surface area contributed by atoms with E-state index in [0.717, 1.165) is 91.0 Å². The van der Waals surface area contributed by atoms with Gasteiger partial charge in [-0.3, -0.25) is 14.4 Å². The Labute approximate surface area is 286 Å². The van der Waals surface area contributed by atoms with E-state index in [4.69, 9.17) is 34.6 Å². The number of hydrogen-bond acceptors (Lipinski definition) is 8. The van der Waals surface area contributed by atoms with Crippen LogP contribution in [0.2, 0.25) is 0 Å². The Morgan fingerprint density at radius 2 is 0.911 bits per heavy atom. The van der Waals surface area contributed by atoms with Gasteiger partial charge in [0.25, 0.3) is 0 Å². The number of carboxylic acids is 2. The molecule has 0 aromatic rings. The number of rotatable bonds is 12. The average Bonchev–Trinajstić information content (AvgIpc) is 3.07. The first kappa shape index (κ1) is 46.1. The molecule has 11 heteroatoms. The molecule has 0 atom stereocenters. The SMILES string of the molecule is CCCI.CCCOC(=O)C1CCC(OCCC)CC1.CCCOC1CCC(C(=O)O)CC1.CO.O=C(O)C1CCC(O)CC1. The summed E-state index contributed by atoms with van der Waals surface area (Å²) in [5.74, 6) is -1.57. The molecule has 0 aromatic heterocycles. The monoisotopic (exact) mass is 760 g/mol. The summed E-state index contributed by atoms with van der Waals surface area (Å²) in [6, 6.07) is 0. The number of carbonyl (C=O) groups is 3. The lowest BCUT2D eigenvalue weighted by Crippen LogP contribution is -2.27. The molecular formula is C34H65IO10. The summed E-state index contributed by atoms with van der Waals surface area (Å²) >= 11 is 2.35. The number of alkyl halides is 1. The summed E-state index contributed by atoms with van der Waals surface area (Å²) in [5, 5.41) is 33.3. The van der Waals surface area contributed by atoms with Gasteiger partial charge in [-0.2, -0.15) is 0 Å². The van der Waals surface area contributed by atoms with Crippen LogP contribution in [0, 0.1) is 17.8 Å². The van der Waals surface area contributed by atoms with Crippen LogP contribution in [0.1, 0.15) is 130 Å². The van der Waals surface area contributed by atoms with Crippen molar-refractivity contribution in [2.45, 2.75) is 149 Å². The van der Waals surface area contributed by atoms with Crippen LogP contribution in [0.15, 0.2) is 0 Å². The first-order valence-electron chi connectivity index (χ1n) is 17.2. The van der Waals surface area contributed by atoms with Crippen LogP contribution in [-0.4, -0.2) is 88.0 Å². The second-order valence-electron chi connectivity index (χ2n) is 11.7. The van der Waals surface area contributed by atoms with Crippen LogP contribution in [0.25, 0.3) is 0 Å². The van der Waals surface area contributed by atoms with Crippen LogP contribution in [0.5, 0.6) is 0 Å². The first-order valence-corrected chi connectivity index (χ1v) is 18.7. The van der Waals surface area contributed by atoms with Crippen molar-refractivity contribution in [1.82, 2.24) is 0 Å². The fraction of sp³-hybridized carbons (Fsp3) is 0.912. The van der Waals surface area contributed by atoms with E-state index in [1.807, 2.05) is 6.92 Å². The summed E-state index contributed by atoms with van der Waals surface area (Å²) in [5.41, 5.74) is 0. The van der Waals surface area contributed by atoms with Gasteiger partial charge in [-0.25, -0.2) is 0 Å². The molecular weight excluding hydrogens is 695 g/mol. The van der Waals surface area contributed by atoms with Crippen molar-refractivity contribution in [3.05, 3.63) is 0 Å². The van der Waals surface area contributed by atoms with Crippen molar-refractivity contribution in [2.75, 3.05) is 31.4 Å². The van der Waals surface area contributed by atoms with Gasteiger partial charge in [0.15, 0.2) is 0 Å². The standard InChI is InChI=1S/C13H24O3.C10H18O3.C7H12O3.C3H7I.CH4O/c1-3-9-15-12-7-5-11(6-8-12)13(14)16-10-4-2;1-2-7-13-9-5-3-8(4-6-9)10(11)12;8-6-3-1-5(2-4-6)7(9)10;1-2-3-4;1-2/h11-12H,3-10H2,1-2H3;8-9H,2-7H2,1H3,(H,11,12);5-6,8H,1-4H2,(H,9,10);2-3H2,1H3;2H,1H3. The lowest BCUT2D eigenvalue weighted by molar-refractivity contribution is -0.150. The predicted molar refractivity (Wildman–Crippen MR) is 186 cm³/mol. The van der Waals surface area contributed by atoms with Gasteiger partial charge in [0.05, 0.1) is 42.7 Å². The Balaban J connectivity index is 0. The van der Waals surface area contributed by atoms with Crippen LogP contribution >= 0.6 is 22.6 Å². The Morgan fingerprint density at radius 1 is 0.578 bits per heavy atom. The minimum Gasteiger partial charge on any atom is -0.481 e. The summed E-state index contributed by atoms with van der Waals surface area (Å²) in [7, 11) is 1.00. The quantitative estimate of drug-likeness (QED) is 0.0923. The van der Waals surface area contributed by atoms with E-state index in [9.17, 15) is 14.4 Å². The van der Waals surface area contributed by atoms with E-state index in [1.54, 1.807) is 0 Å². The number of hydrogen-bond donors (Lipinski definition) is 4. The van der Waals surface area contributed by atoms with Crippen molar-refractivity contribution < 1.29 is 49.0 Å². The van der Waals surface area contributed by atoms with Gasteiger partial charge >= 0.3 is 17.9 Å². The predicted octanol–water partition coefficient (Wildman–Crippen LogP) is 7.04. The van der Waals surface area contributed by atoms with Crippen molar-refractivity contribution >= 4 is 40.5 Å². The van der Waals surface area contributed by atoms with E-state index in [1.165, 1.54) is 10.8 Å². The smallest absolute Gasteiger partial charge is 0.308 e. The third-order valence-corrected chi connectivity index (χ3v) is 8.91. The number of aliphatic hydroxyl groups is 2. The molecule has 3 rings (SSSR count). The van der Waals surface area contributed by atoms with Crippen molar-refractivity contribution in [2.24, 2.45) is 17.8 Å². The Hall–Kier alpha value is -1.02. The first-order chi connectivity index (χ1) is 21.6. The molecule has 0 spiro atoms. The van der Waals surface area contributed by atoms with E-state index in [0.29, 0.717) is 44.5 Å². The Bertz CT molecular complexity index is 697. The zero-order valence-electron chi connectivity index (χ0n) is 28.7. The molecule has 3 aliphatic carbocycles. The minimum atomic E-state index is -0.716. The lowest BCUT2D eigenvalue weighted by atomic mass is 9.87. The fourth-order valence-electron chi connectivity index (χ4n) is 5.15. The van der Waals surface area contributed by atoms with Gasteiger partial charge in [0, 0.05) is 20.3 Å². The molecule has 3 aliphatic rings. The normalized spacial score (nSPS) is 25.6. The van der Waals surface area contributed by atoms with Crippen LogP contribution in [0.4, 0.5) is 0 Å². The number of carbonyl (C=O) groups excluding carboxylic acids is 1. The molecule has 10 nitrogen and oxygen atoms in total. The summed E-state index contributed by atoms with van der Waals surface area (Å²) in [6.45, 7) is 10.6. The number of aliphatic hydroxyl groups excluding tert-OH is 2. The summed E-state index contributed by atoms with van der Waals surface area (Å²) < 4.78 is 17.7. The maximum Gasteiger partial charge on any atom is 0.308 e. The van der Waals surface area contributed by atoms with E-state index in [-0.39, 0.29) is 29.8 Å². The number of aliphatic carboxylic acids is 2. The molecule has 0 heterocycles. The van der Waals surface area contributed by atoms with Crippen LogP contribution in [0.3, 0.4) is 0 Å². The van der Waals surface area contributed by atoms with E-state index in [2.05, 4.69) is 43.4 Å². The van der Waals surface area contributed by atoms with Crippen molar-refractivity contribution in [3.8, 4) is 0 Å². The molecule has 0 amide bonds. The van der Waals surface area contributed by atoms with Gasteiger partial charge in [-0.1, -0.05) is 50.3 Å². The zero-order valence-corrected chi connectivity index (χ0v) is 30.9. The van der Waals surface area contributed by atoms with Gasteiger partial charge in [-0.15, -0.1) is 0 Å². The van der Waals surface area contributed by atoms with E-state index < -0.39 is 11.9 Å². The largest absolute Gasteiger partial charge is 0.481 e. The summed E-state index contributed by atoms with van der Waals surface area (Å²) in [4.78, 5) is 32.6. The molecule has 0 unspecified atom stereocenters. The molecule has 3 saturated carbocycles. The minimum absolute atomic E-state index is 0.00390. The molecule has 268 valence electrons. The van der Waals surface area contributed by atoms with E-state index >= 15 is 0 Å². The highest BCUT2D eigenvalue weighted by molar-refractivity contribution is 14.1. The van der Waals surface area contributed by atoms with Gasteiger partial charge in [0.1, 0.15) is 0 Å². The number of carboxylic acid groups (broad SMARTS) is 2. The fourth-order valence-corrected chi connectivity index (χ4v) is 5.15. The second kappa shape index (κ2) is 31.6. The highest BCUT2D eigenvalue weighted by atomic mass is 127. The number of esters is 1. The average molecular weight is 761 g/mol. The summed E-state index contributed by atoms with van der Waals surface area (Å²) in [6.07, 6.45) is 14.6. The highest BCUT2D eigenvalue weighted by Gasteiger charge is 2.28. The maximum absolute atomic E-state index is 11.6. The topological polar surface area (TPSA) is 160 Å². The third kappa shape index (κ3) is 24.8. The Morgan fingerprint density at radius 3 is 1.22 bits per heavy atom. The van der Waals surface area contributed by atoms with Gasteiger partial charge in [-0.05, 0) is 107 Å². The van der Waals surface area contributed by atoms with Gasteiger partial charge in [0.2, 0.25) is 0 Å². The molecule has 0 radical (unpaired) electrons. The molecule has 0 bridgehead atoms. The molecule has 45 heavy (non-hydrogen) atoms.